The van der Waals surface area contributed by atoms with Gasteiger partial charge in [0.05, 0.1) is 25.8 Å². The minimum atomic E-state index is -1.31. The maximum atomic E-state index is 13.7. The number of hydrogen-bond donors (Lipinski definition) is 1. The van der Waals surface area contributed by atoms with Crippen molar-refractivity contribution in [2.24, 2.45) is 0 Å². The van der Waals surface area contributed by atoms with E-state index in [0.717, 1.165) is 5.56 Å². The van der Waals surface area contributed by atoms with Crippen LogP contribution in [0.3, 0.4) is 0 Å². The fraction of sp³-hybridized carbons (Fsp3) is 0.185. The van der Waals surface area contributed by atoms with Crippen LogP contribution < -0.4 is 24.5 Å². The molecule has 0 spiro atoms. The maximum Gasteiger partial charge on any atom is 0.342 e. The van der Waals surface area contributed by atoms with Gasteiger partial charge in [-0.05, 0) is 60.5 Å². The highest BCUT2D eigenvalue weighted by atomic mass is 16.7. The molecule has 1 aromatic heterocycles. The first-order valence-electron chi connectivity index (χ1n) is 11.1. The number of hydrogen-bond acceptors (Lipinski definition) is 6. The van der Waals surface area contributed by atoms with E-state index in [2.05, 4.69) is 0 Å². The molecule has 1 aliphatic heterocycles. The van der Waals surface area contributed by atoms with E-state index in [1.807, 2.05) is 19.1 Å². The van der Waals surface area contributed by atoms with Crippen LogP contribution in [0.15, 0.2) is 65.5 Å². The van der Waals surface area contributed by atoms with Crippen LogP contribution >= 0.6 is 0 Å². The molecule has 0 bridgehead atoms. The molecule has 8 heteroatoms. The van der Waals surface area contributed by atoms with Gasteiger partial charge < -0.3 is 28.6 Å². The lowest BCUT2D eigenvalue weighted by molar-refractivity contribution is 0.0695. The number of methoxy groups -OCH3 is 1. The van der Waals surface area contributed by atoms with Crippen molar-refractivity contribution in [2.75, 3.05) is 20.5 Å². The largest absolute Gasteiger partial charge is 0.497 e. The second-order valence-electron chi connectivity index (χ2n) is 7.97. The number of pyridine rings is 1. The number of rotatable bonds is 7. The van der Waals surface area contributed by atoms with Gasteiger partial charge in [-0.2, -0.15) is 0 Å². The van der Waals surface area contributed by atoms with Gasteiger partial charge in [0.25, 0.3) is 5.56 Å². The van der Waals surface area contributed by atoms with Gasteiger partial charge in [0.2, 0.25) is 6.79 Å². The molecule has 0 radical (unpaired) electrons. The van der Waals surface area contributed by atoms with E-state index in [4.69, 9.17) is 18.9 Å². The van der Waals surface area contributed by atoms with E-state index in [-0.39, 0.29) is 18.9 Å². The first-order valence-corrected chi connectivity index (χ1v) is 11.1. The Morgan fingerprint density at radius 2 is 1.74 bits per heavy atom. The summed E-state index contributed by atoms with van der Waals surface area (Å²) in [6, 6.07) is 17.8. The minimum absolute atomic E-state index is 0.0866. The number of ether oxygens (including phenoxy) is 4. The number of aromatic carboxylic acids is 1. The van der Waals surface area contributed by atoms with Crippen molar-refractivity contribution < 1.29 is 28.8 Å². The Morgan fingerprint density at radius 3 is 2.46 bits per heavy atom. The molecule has 0 amide bonds. The summed E-state index contributed by atoms with van der Waals surface area (Å²) >= 11 is 0. The van der Waals surface area contributed by atoms with Crippen molar-refractivity contribution in [3.8, 4) is 34.1 Å². The summed E-state index contributed by atoms with van der Waals surface area (Å²) in [4.78, 5) is 26.1. The zero-order chi connectivity index (χ0) is 24.5. The summed E-state index contributed by atoms with van der Waals surface area (Å²) < 4.78 is 23.3. The zero-order valence-corrected chi connectivity index (χ0v) is 19.2. The predicted molar refractivity (Wildman–Crippen MR) is 130 cm³/mol. The smallest absolute Gasteiger partial charge is 0.342 e. The number of carboxylic acids is 1. The van der Waals surface area contributed by atoms with Crippen molar-refractivity contribution in [2.45, 2.75) is 13.5 Å². The highest BCUT2D eigenvalue weighted by Crippen LogP contribution is 2.39. The number of nitrogens with zero attached hydrogens (tertiary/aromatic N) is 1. The lowest BCUT2D eigenvalue weighted by Crippen LogP contribution is -2.28. The number of aromatic nitrogens is 1. The molecule has 0 unspecified atom stereocenters. The molecular formula is C27H23NO7. The molecule has 178 valence electrons. The Labute approximate surface area is 200 Å². The lowest BCUT2D eigenvalue weighted by Gasteiger charge is -2.18. The van der Waals surface area contributed by atoms with E-state index in [9.17, 15) is 14.7 Å². The molecule has 0 atom stereocenters. The Kier molecular flexibility index (Phi) is 5.78. The van der Waals surface area contributed by atoms with Crippen LogP contribution in [0.25, 0.3) is 22.0 Å². The number of benzene rings is 3. The standard InChI is InChI=1S/C27H23NO7/c1-3-33-19-9-10-21-20(13-19)24(17-6-11-22-23(12-17)35-15-34-22)25(27(30)31)26(29)28(21)14-16-4-7-18(32-2)8-5-16/h4-13H,3,14-15H2,1-2H3,(H,30,31). The summed E-state index contributed by atoms with van der Waals surface area (Å²) in [5.74, 6) is 1.02. The van der Waals surface area contributed by atoms with Gasteiger partial charge in [-0.3, -0.25) is 4.79 Å². The van der Waals surface area contributed by atoms with Crippen LogP contribution in [-0.2, 0) is 6.54 Å². The lowest BCUT2D eigenvalue weighted by atomic mass is 9.95. The molecule has 8 nitrogen and oxygen atoms in total. The van der Waals surface area contributed by atoms with Gasteiger partial charge in [-0.15, -0.1) is 0 Å². The fourth-order valence-electron chi connectivity index (χ4n) is 4.31. The summed E-state index contributed by atoms with van der Waals surface area (Å²) in [5, 5.41) is 10.8. The van der Waals surface area contributed by atoms with Crippen molar-refractivity contribution in [1.29, 1.82) is 0 Å². The molecule has 0 aliphatic carbocycles. The highest BCUT2D eigenvalue weighted by Gasteiger charge is 2.25. The number of fused-ring (bicyclic) bond motifs is 2. The molecule has 5 rings (SSSR count). The van der Waals surface area contributed by atoms with Crippen molar-refractivity contribution >= 4 is 16.9 Å². The van der Waals surface area contributed by atoms with E-state index >= 15 is 0 Å². The molecule has 1 aliphatic rings. The second-order valence-corrected chi connectivity index (χ2v) is 7.97. The SMILES string of the molecule is CCOc1ccc2c(c1)c(-c1ccc3c(c1)OCO3)c(C(=O)O)c(=O)n2Cc1ccc(OC)cc1. The molecule has 0 fully saturated rings. The van der Waals surface area contributed by atoms with Crippen molar-refractivity contribution in [1.82, 2.24) is 4.57 Å². The first kappa shape index (κ1) is 22.3. The van der Waals surface area contributed by atoms with Crippen LogP contribution in [0.5, 0.6) is 23.0 Å². The first-order chi connectivity index (χ1) is 17.0. The summed E-state index contributed by atoms with van der Waals surface area (Å²) in [6.07, 6.45) is 0. The third-order valence-corrected chi connectivity index (χ3v) is 5.92. The van der Waals surface area contributed by atoms with Gasteiger partial charge in [0.1, 0.15) is 17.1 Å². The van der Waals surface area contributed by atoms with Gasteiger partial charge in [0, 0.05) is 10.9 Å². The average molecular weight is 473 g/mol. The van der Waals surface area contributed by atoms with Gasteiger partial charge >= 0.3 is 5.97 Å². The third kappa shape index (κ3) is 4.03. The van der Waals surface area contributed by atoms with Crippen molar-refractivity contribution in [3.05, 3.63) is 82.1 Å². The second kappa shape index (κ2) is 9.06. The minimum Gasteiger partial charge on any atom is -0.497 e. The topological polar surface area (TPSA) is 96.2 Å². The number of carboxylic acid groups (broad SMARTS) is 1. The number of carbonyl (C=O) groups is 1. The van der Waals surface area contributed by atoms with Gasteiger partial charge in [-0.25, -0.2) is 4.79 Å². The van der Waals surface area contributed by atoms with E-state index in [1.165, 1.54) is 4.57 Å². The van der Waals surface area contributed by atoms with Crippen LogP contribution in [0.1, 0.15) is 22.8 Å². The van der Waals surface area contributed by atoms with Gasteiger partial charge in [0.15, 0.2) is 11.5 Å². The average Bonchev–Trinajstić information content (AvgIpc) is 3.33. The zero-order valence-electron chi connectivity index (χ0n) is 19.2. The van der Waals surface area contributed by atoms with E-state index in [0.29, 0.717) is 51.6 Å². The molecule has 2 heterocycles. The maximum absolute atomic E-state index is 13.7. The summed E-state index contributed by atoms with van der Waals surface area (Å²) in [5.41, 5.74) is 1.35. The quantitative estimate of drug-likeness (QED) is 0.421. The monoisotopic (exact) mass is 473 g/mol. The third-order valence-electron chi connectivity index (χ3n) is 5.92. The predicted octanol–water partition coefficient (Wildman–Crippen LogP) is 4.55. The van der Waals surface area contributed by atoms with Crippen LogP contribution in [0.4, 0.5) is 0 Å². The molecule has 1 N–H and O–H groups in total. The molecular weight excluding hydrogens is 450 g/mol. The Morgan fingerprint density at radius 1 is 1.00 bits per heavy atom. The molecule has 35 heavy (non-hydrogen) atoms. The molecule has 0 saturated heterocycles. The van der Waals surface area contributed by atoms with Crippen LogP contribution in [0.2, 0.25) is 0 Å². The Hall–Kier alpha value is -4.46. The van der Waals surface area contributed by atoms with Crippen LogP contribution in [-0.4, -0.2) is 36.2 Å². The fourth-order valence-corrected chi connectivity index (χ4v) is 4.31. The van der Waals surface area contributed by atoms with Gasteiger partial charge in [-0.1, -0.05) is 18.2 Å². The molecule has 3 aromatic carbocycles. The Balaban J connectivity index is 1.79. The van der Waals surface area contributed by atoms with Crippen LogP contribution in [0, 0.1) is 0 Å². The normalized spacial score (nSPS) is 12.1. The molecule has 4 aromatic rings. The van der Waals surface area contributed by atoms with Crippen molar-refractivity contribution in [3.63, 3.8) is 0 Å². The Bertz CT molecular complexity index is 1490. The highest BCUT2D eigenvalue weighted by molar-refractivity contribution is 6.07. The molecule has 0 saturated carbocycles. The van der Waals surface area contributed by atoms with E-state index < -0.39 is 11.5 Å². The summed E-state index contributed by atoms with van der Waals surface area (Å²) in [7, 11) is 1.58. The van der Waals surface area contributed by atoms with E-state index in [1.54, 1.807) is 55.6 Å². The summed E-state index contributed by atoms with van der Waals surface area (Å²) in [6.45, 7) is 2.59.